The summed E-state index contributed by atoms with van der Waals surface area (Å²) in [6, 6.07) is 6.63. The van der Waals surface area contributed by atoms with E-state index in [2.05, 4.69) is 21.2 Å². The molecule has 10 heteroatoms. The monoisotopic (exact) mass is 486 g/mol. The Bertz CT molecular complexity index is 1100. The van der Waals surface area contributed by atoms with E-state index in [1.165, 1.54) is 0 Å². The highest BCUT2D eigenvalue weighted by Gasteiger charge is 2.21. The van der Waals surface area contributed by atoms with Crippen LogP contribution in [-0.4, -0.2) is 27.2 Å². The van der Waals surface area contributed by atoms with Gasteiger partial charge in [-0.1, -0.05) is 15.9 Å². The van der Waals surface area contributed by atoms with Crippen LogP contribution in [0.3, 0.4) is 0 Å². The average Bonchev–Trinajstić information content (AvgIpc) is 2.63. The van der Waals surface area contributed by atoms with E-state index >= 15 is 0 Å². The summed E-state index contributed by atoms with van der Waals surface area (Å²) >= 11 is 3.36. The minimum absolute atomic E-state index is 0.0626. The molecule has 0 saturated carbocycles. The Morgan fingerprint density at radius 1 is 1.21 bits per heavy atom. The lowest BCUT2D eigenvalue weighted by Gasteiger charge is -2.20. The van der Waals surface area contributed by atoms with Gasteiger partial charge < -0.3 is 10.1 Å². The lowest BCUT2D eigenvalue weighted by molar-refractivity contribution is -0.118. The van der Waals surface area contributed by atoms with Crippen molar-refractivity contribution in [2.75, 3.05) is 17.6 Å². The second-order valence-electron chi connectivity index (χ2n) is 6.57. The van der Waals surface area contributed by atoms with E-state index in [1.807, 2.05) is 12.1 Å². The van der Waals surface area contributed by atoms with Crippen molar-refractivity contribution < 1.29 is 26.7 Å². The first kappa shape index (κ1) is 21.3. The van der Waals surface area contributed by atoms with E-state index in [1.54, 1.807) is 23.8 Å². The normalized spacial score (nSPS) is 14.3. The Morgan fingerprint density at radius 3 is 2.48 bits per heavy atom. The number of amides is 1. The summed E-state index contributed by atoms with van der Waals surface area (Å²) in [5, 5.41) is 2.66. The fourth-order valence-electron chi connectivity index (χ4n) is 2.78. The topological polar surface area (TPSA) is 84.5 Å². The summed E-state index contributed by atoms with van der Waals surface area (Å²) in [4.78, 5) is 12.6. The molecule has 0 saturated heterocycles. The largest absolute Gasteiger partial charge is 0.488 e. The third kappa shape index (κ3) is 5.13. The highest BCUT2D eigenvalue weighted by atomic mass is 79.9. The molecular formula is C19H17BrF2N2O4S. The van der Waals surface area contributed by atoms with Gasteiger partial charge in [0, 0.05) is 10.0 Å². The molecule has 1 atom stereocenters. The number of ether oxygens (including phenoxy) is 1. The van der Waals surface area contributed by atoms with Crippen LogP contribution in [0.15, 0.2) is 40.4 Å². The molecule has 0 fully saturated rings. The number of carbonyl (C=O) groups is 1. The standard InChI is InChI=1S/C19H17BrF2N2O4S/c1-10(11-7-15(21)18(16(22)8-11)24-29(2,26)27)23-19(25)13-5-12-6-14(20)3-4-17(12)28-9-13/h3-8,10,24H,9H2,1-2H3,(H,23,25). The van der Waals surface area contributed by atoms with Crippen LogP contribution in [0.5, 0.6) is 5.75 Å². The van der Waals surface area contributed by atoms with Gasteiger partial charge in [0.15, 0.2) is 11.6 Å². The minimum Gasteiger partial charge on any atom is -0.488 e. The first-order valence-electron chi connectivity index (χ1n) is 8.44. The van der Waals surface area contributed by atoms with Crippen molar-refractivity contribution in [3.63, 3.8) is 0 Å². The van der Waals surface area contributed by atoms with Crippen molar-refractivity contribution in [2.45, 2.75) is 13.0 Å². The number of halogens is 3. The van der Waals surface area contributed by atoms with Gasteiger partial charge >= 0.3 is 0 Å². The number of anilines is 1. The van der Waals surface area contributed by atoms with Gasteiger partial charge in [0.25, 0.3) is 5.91 Å². The molecule has 0 bridgehead atoms. The van der Waals surface area contributed by atoms with E-state index < -0.39 is 39.3 Å². The van der Waals surface area contributed by atoms with Crippen LogP contribution in [0.4, 0.5) is 14.5 Å². The SMILES string of the molecule is CC(NC(=O)C1=Cc2cc(Br)ccc2OC1)c1cc(F)c(NS(C)(=O)=O)c(F)c1. The predicted molar refractivity (Wildman–Crippen MR) is 109 cm³/mol. The van der Waals surface area contributed by atoms with E-state index in [9.17, 15) is 22.0 Å². The molecule has 2 N–H and O–H groups in total. The van der Waals surface area contributed by atoms with Crippen molar-refractivity contribution in [2.24, 2.45) is 0 Å². The molecule has 2 aromatic rings. The Balaban J connectivity index is 1.78. The molecule has 1 heterocycles. The maximum atomic E-state index is 14.2. The van der Waals surface area contributed by atoms with Crippen molar-refractivity contribution in [3.05, 3.63) is 63.1 Å². The predicted octanol–water partition coefficient (Wildman–Crippen LogP) is 3.75. The summed E-state index contributed by atoms with van der Waals surface area (Å²) < 4.78 is 59.0. The molecule has 3 rings (SSSR count). The molecule has 6 nitrogen and oxygen atoms in total. The Kier molecular flexibility index (Phi) is 5.95. The fourth-order valence-corrected chi connectivity index (χ4v) is 3.72. The molecule has 1 unspecified atom stereocenters. The van der Waals surface area contributed by atoms with Crippen LogP contribution < -0.4 is 14.8 Å². The smallest absolute Gasteiger partial charge is 0.251 e. The van der Waals surface area contributed by atoms with Crippen LogP contribution >= 0.6 is 15.9 Å². The van der Waals surface area contributed by atoms with Crippen LogP contribution in [0.2, 0.25) is 0 Å². The zero-order chi connectivity index (χ0) is 21.3. The molecule has 29 heavy (non-hydrogen) atoms. The van der Waals surface area contributed by atoms with Crippen molar-refractivity contribution >= 4 is 43.6 Å². The molecule has 0 aromatic heterocycles. The highest BCUT2D eigenvalue weighted by Crippen LogP contribution is 2.30. The van der Waals surface area contributed by atoms with Crippen molar-refractivity contribution in [3.8, 4) is 5.75 Å². The number of rotatable bonds is 5. The summed E-state index contributed by atoms with van der Waals surface area (Å²) in [7, 11) is -3.84. The van der Waals surface area contributed by atoms with Crippen LogP contribution in [0.1, 0.15) is 24.1 Å². The third-order valence-corrected chi connectivity index (χ3v) is 5.24. The van der Waals surface area contributed by atoms with Gasteiger partial charge in [-0.3, -0.25) is 9.52 Å². The van der Waals surface area contributed by atoms with Gasteiger partial charge in [-0.25, -0.2) is 17.2 Å². The van der Waals surface area contributed by atoms with Crippen LogP contribution in [0.25, 0.3) is 6.08 Å². The first-order chi connectivity index (χ1) is 13.5. The number of hydrogen-bond acceptors (Lipinski definition) is 4. The van der Waals surface area contributed by atoms with Gasteiger partial charge in [-0.05, 0) is 48.9 Å². The lowest BCUT2D eigenvalue weighted by Crippen LogP contribution is -2.31. The van der Waals surface area contributed by atoms with Gasteiger partial charge in [0.2, 0.25) is 10.0 Å². The van der Waals surface area contributed by atoms with Crippen LogP contribution in [0, 0.1) is 11.6 Å². The Morgan fingerprint density at radius 2 is 1.86 bits per heavy atom. The summed E-state index contributed by atoms with van der Waals surface area (Å²) in [5.74, 6) is -1.95. The lowest BCUT2D eigenvalue weighted by atomic mass is 10.0. The molecule has 0 radical (unpaired) electrons. The average molecular weight is 487 g/mol. The molecule has 0 spiro atoms. The van der Waals surface area contributed by atoms with Gasteiger partial charge in [0.1, 0.15) is 18.0 Å². The summed E-state index contributed by atoms with van der Waals surface area (Å²) in [6.07, 6.45) is 2.48. The van der Waals surface area contributed by atoms with Crippen molar-refractivity contribution in [1.29, 1.82) is 0 Å². The second-order valence-corrected chi connectivity index (χ2v) is 9.23. The second kappa shape index (κ2) is 8.11. The maximum Gasteiger partial charge on any atom is 0.251 e. The minimum atomic E-state index is -3.84. The number of benzene rings is 2. The van der Waals surface area contributed by atoms with Gasteiger partial charge in [0.05, 0.1) is 17.9 Å². The number of carbonyl (C=O) groups excluding carboxylic acids is 1. The zero-order valence-corrected chi connectivity index (χ0v) is 17.8. The van der Waals surface area contributed by atoms with E-state index in [-0.39, 0.29) is 12.2 Å². The molecule has 2 aromatic carbocycles. The van der Waals surface area contributed by atoms with E-state index in [0.29, 0.717) is 11.3 Å². The first-order valence-corrected chi connectivity index (χ1v) is 11.1. The molecule has 0 aliphatic carbocycles. The number of sulfonamides is 1. The Labute approximate surface area is 175 Å². The maximum absolute atomic E-state index is 14.2. The quantitative estimate of drug-likeness (QED) is 0.673. The van der Waals surface area contributed by atoms with Gasteiger partial charge in [-0.15, -0.1) is 0 Å². The van der Waals surface area contributed by atoms with Crippen molar-refractivity contribution in [1.82, 2.24) is 5.32 Å². The number of nitrogens with one attached hydrogen (secondary N) is 2. The molecule has 1 aliphatic heterocycles. The number of fused-ring (bicyclic) bond motifs is 1. The summed E-state index contributed by atoms with van der Waals surface area (Å²) in [6.45, 7) is 1.62. The summed E-state index contributed by atoms with van der Waals surface area (Å²) in [5.41, 5.74) is 0.476. The van der Waals surface area contributed by atoms with Gasteiger partial charge in [-0.2, -0.15) is 0 Å². The fraction of sp³-hybridized carbons (Fsp3) is 0.211. The zero-order valence-electron chi connectivity index (χ0n) is 15.4. The third-order valence-electron chi connectivity index (χ3n) is 4.18. The van der Waals surface area contributed by atoms with E-state index in [4.69, 9.17) is 4.74 Å². The number of hydrogen-bond donors (Lipinski definition) is 2. The molecule has 154 valence electrons. The highest BCUT2D eigenvalue weighted by molar-refractivity contribution is 9.10. The molecular weight excluding hydrogens is 470 g/mol. The molecule has 1 aliphatic rings. The van der Waals surface area contributed by atoms with E-state index in [0.717, 1.165) is 28.4 Å². The van der Waals surface area contributed by atoms with Crippen LogP contribution in [-0.2, 0) is 14.8 Å². The molecule has 1 amide bonds. The Hall–Kier alpha value is -2.46.